The lowest BCUT2D eigenvalue weighted by atomic mass is 9.77. The molecule has 10 amide bonds. The minimum Gasteiger partial charge on any atom is -0.444 e. The second-order valence-corrected chi connectivity index (χ2v) is 34.6. The van der Waals surface area contributed by atoms with Crippen LogP contribution in [0.5, 0.6) is 0 Å². The number of hydrogen-bond acceptors (Lipinski definition) is 18. The van der Waals surface area contributed by atoms with Crippen molar-refractivity contribution in [1.29, 1.82) is 0 Å². The van der Waals surface area contributed by atoms with Crippen LogP contribution in [-0.4, -0.2) is 176 Å². The molecule has 0 bridgehead atoms. The van der Waals surface area contributed by atoms with E-state index < -0.39 is 162 Å². The monoisotopic (exact) mass is 1710 g/mol. The minimum absolute atomic E-state index is 0.0136. The van der Waals surface area contributed by atoms with E-state index in [-0.39, 0.29) is 62.6 Å². The summed E-state index contributed by atoms with van der Waals surface area (Å²) in [6.45, 7) is 19.5. The predicted molar refractivity (Wildman–Crippen MR) is 474 cm³/mol. The topological polar surface area (TPSA) is 362 Å². The molecule has 0 saturated heterocycles. The summed E-state index contributed by atoms with van der Waals surface area (Å²) in [5.74, 6) is -8.10. The molecule has 0 radical (unpaired) electrons. The normalized spacial score (nSPS) is 13.8. The van der Waals surface area contributed by atoms with Crippen LogP contribution in [0, 0.1) is 17.8 Å². The molecule has 0 saturated carbocycles. The van der Waals surface area contributed by atoms with E-state index in [2.05, 4.69) is 53.2 Å². The van der Waals surface area contributed by atoms with Crippen LogP contribution in [0.1, 0.15) is 154 Å². The van der Waals surface area contributed by atoms with Gasteiger partial charge in [-0.3, -0.25) is 52.7 Å². The standard InChI is InChI=1S/C94H120N10O16S2/c1-13-64(7)83(103-82(108)60-118-53-52-117-51-50-95-84(109)80(61-122-121-14-2)102-91(116)120-92(10,11)12)90(115)100-78(58-81(107)104-93(68-38-24-16-25-39-68,69-40-26-17-27-41-69)70-42-28-18-29-43-70)88(113)101-79(59-119-94(71-44-30-19-31-45-71,72-46-32-20-33-47-72)73-48-34-21-35-49-73)89(114)98-76(56-65(8)105)86(111)99-77(57-67-36-22-15-23-37-67)87(112)97-75(55-63(5)6)85(110)96-74(66(9)106)54-62(3)4/h15-49,62-64,74-80,83H,13-14,50-61H2,1-12H3,(H,95,109)(H,96,110)(H,97,112)(H,98,114)(H,99,111)(H,100,115)(H,101,113)(H,102,116)(H,103,108)(H,104,107)/t64?,74-,75-,76-,77-,78-,79-,80-,83-/m0/s1. The number of nitrogens with one attached hydrogen (secondary N) is 10. The first-order chi connectivity index (χ1) is 58.4. The van der Waals surface area contributed by atoms with Crippen LogP contribution in [0.2, 0.25) is 0 Å². The Hall–Kier alpha value is -11.0. The summed E-state index contributed by atoms with van der Waals surface area (Å²) in [7, 11) is 2.97. The molecule has 0 aliphatic rings. The fraction of sp³-hybridized carbons (Fsp3) is 0.426. The molecule has 7 aromatic rings. The third-order valence-corrected chi connectivity index (χ3v) is 22.4. The van der Waals surface area contributed by atoms with Crippen molar-refractivity contribution in [2.75, 3.05) is 51.1 Å². The second kappa shape index (κ2) is 49.8. The zero-order valence-electron chi connectivity index (χ0n) is 71.8. The van der Waals surface area contributed by atoms with Gasteiger partial charge in [0.2, 0.25) is 53.2 Å². The number of ketones is 2. The SMILES string of the molecule is CCSSC[C@H](NC(=O)OC(C)(C)C)C(=O)NCCOCCOCC(=O)N[C@H](C(=O)N[C@@H](CC(=O)NC(c1ccccc1)(c1ccccc1)c1ccccc1)C(=O)N[C@@H](COC(c1ccccc1)(c1ccccc1)c1ccccc1)C(=O)N[C@@H](CC(C)=O)C(=O)N[C@@H](Cc1ccccc1)C(=O)N[C@@H](CC(C)C)C(=O)N[C@@H](CC(C)C)C(C)=O)C(C)CC. The largest absolute Gasteiger partial charge is 0.444 e. The van der Waals surface area contributed by atoms with Crippen molar-refractivity contribution in [2.45, 2.75) is 187 Å². The molecule has 0 aliphatic carbocycles. The van der Waals surface area contributed by atoms with Crippen LogP contribution in [0.25, 0.3) is 0 Å². The van der Waals surface area contributed by atoms with Crippen LogP contribution in [0.4, 0.5) is 4.79 Å². The van der Waals surface area contributed by atoms with Crippen molar-refractivity contribution in [3.63, 3.8) is 0 Å². The van der Waals surface area contributed by atoms with E-state index in [0.717, 1.165) is 5.75 Å². The Bertz CT molecular complexity index is 4300. The lowest BCUT2D eigenvalue weighted by Crippen LogP contribution is -2.62. The number of amides is 10. The Morgan fingerprint density at radius 1 is 0.402 bits per heavy atom. The van der Waals surface area contributed by atoms with E-state index in [4.69, 9.17) is 18.9 Å². The number of benzene rings is 7. The van der Waals surface area contributed by atoms with Gasteiger partial charge in [0.15, 0.2) is 5.78 Å². The summed E-state index contributed by atoms with van der Waals surface area (Å²) in [5, 5.41) is 28.2. The average Bonchev–Trinajstić information content (AvgIpc) is 0.755. The number of hydrogen-bond donors (Lipinski definition) is 10. The van der Waals surface area contributed by atoms with Gasteiger partial charge in [0.05, 0.1) is 38.9 Å². The van der Waals surface area contributed by atoms with E-state index in [0.29, 0.717) is 51.8 Å². The molecule has 7 rings (SSSR count). The highest BCUT2D eigenvalue weighted by Crippen LogP contribution is 2.41. The highest BCUT2D eigenvalue weighted by molar-refractivity contribution is 8.76. The molecule has 9 atom stereocenters. The Labute approximate surface area is 724 Å². The van der Waals surface area contributed by atoms with E-state index in [1.807, 2.05) is 217 Å². The van der Waals surface area contributed by atoms with Crippen LogP contribution < -0.4 is 53.2 Å². The molecule has 0 spiro atoms. The van der Waals surface area contributed by atoms with Gasteiger partial charge in [-0.1, -0.05) is 289 Å². The summed E-state index contributed by atoms with van der Waals surface area (Å²) >= 11 is 0. The first kappa shape index (κ1) is 98.1. The number of carbonyl (C=O) groups excluding carboxylic acids is 12. The number of Topliss-reactive ketones (excluding diaryl/α,β-unsaturated/α-hetero) is 2. The molecule has 28 heteroatoms. The first-order valence-corrected chi connectivity index (χ1v) is 44.0. The van der Waals surface area contributed by atoms with Crippen LogP contribution in [-0.2, 0) is 89.2 Å². The number of rotatable bonds is 50. The molecule has 1 unspecified atom stereocenters. The van der Waals surface area contributed by atoms with Crippen molar-refractivity contribution in [2.24, 2.45) is 17.8 Å². The summed E-state index contributed by atoms with van der Waals surface area (Å²) in [5.41, 5.74) is 0.338. The van der Waals surface area contributed by atoms with E-state index in [1.165, 1.54) is 35.4 Å². The predicted octanol–water partition coefficient (Wildman–Crippen LogP) is 10.3. The molecule has 0 aromatic heterocycles. The summed E-state index contributed by atoms with van der Waals surface area (Å²) < 4.78 is 24.1. The Morgan fingerprint density at radius 3 is 1.28 bits per heavy atom. The van der Waals surface area contributed by atoms with Crippen LogP contribution in [0.15, 0.2) is 212 Å². The summed E-state index contributed by atoms with van der Waals surface area (Å²) in [6, 6.07) is 52.1. The highest BCUT2D eigenvalue weighted by atomic mass is 33.1. The number of carbonyl (C=O) groups is 12. The van der Waals surface area contributed by atoms with E-state index in [9.17, 15) is 33.6 Å². The quantitative estimate of drug-likeness (QED) is 0.00962. The van der Waals surface area contributed by atoms with Crippen molar-refractivity contribution >= 4 is 92.4 Å². The van der Waals surface area contributed by atoms with Gasteiger partial charge in [-0.05, 0) is 104 Å². The lowest BCUT2D eigenvalue weighted by molar-refractivity contribution is -0.139. The summed E-state index contributed by atoms with van der Waals surface area (Å²) in [4.78, 5) is 174. The van der Waals surface area contributed by atoms with Gasteiger partial charge in [-0.25, -0.2) is 4.79 Å². The van der Waals surface area contributed by atoms with Gasteiger partial charge in [-0.2, -0.15) is 0 Å². The van der Waals surface area contributed by atoms with E-state index in [1.54, 1.807) is 65.0 Å². The van der Waals surface area contributed by atoms with Crippen molar-refractivity contribution in [3.05, 3.63) is 251 Å². The van der Waals surface area contributed by atoms with Crippen molar-refractivity contribution in [1.82, 2.24) is 53.2 Å². The third-order valence-electron chi connectivity index (χ3n) is 19.9. The maximum absolute atomic E-state index is 16.2. The van der Waals surface area contributed by atoms with Gasteiger partial charge in [-0.15, -0.1) is 0 Å². The zero-order chi connectivity index (χ0) is 88.8. The van der Waals surface area contributed by atoms with Gasteiger partial charge in [0, 0.05) is 30.9 Å². The average molecular weight is 1710 g/mol. The Balaban J connectivity index is 1.26. The minimum atomic E-state index is -1.91. The molecule has 654 valence electrons. The molecular formula is C94H120N10O16S2. The first-order valence-electron chi connectivity index (χ1n) is 41.5. The maximum Gasteiger partial charge on any atom is 0.408 e. The molecule has 0 heterocycles. The fourth-order valence-electron chi connectivity index (χ4n) is 13.8. The highest BCUT2D eigenvalue weighted by Gasteiger charge is 2.44. The van der Waals surface area contributed by atoms with Gasteiger partial charge in [0.1, 0.15) is 71.4 Å². The molecule has 26 nitrogen and oxygen atoms in total. The molecule has 122 heavy (non-hydrogen) atoms. The van der Waals surface area contributed by atoms with E-state index >= 15 is 24.0 Å². The van der Waals surface area contributed by atoms with Crippen LogP contribution >= 0.6 is 21.6 Å². The number of alkyl carbamates (subject to hydrolysis) is 1. The van der Waals surface area contributed by atoms with Gasteiger partial charge >= 0.3 is 6.09 Å². The Morgan fingerprint density at radius 2 is 0.811 bits per heavy atom. The lowest BCUT2D eigenvalue weighted by Gasteiger charge is -2.38. The van der Waals surface area contributed by atoms with Crippen molar-refractivity contribution in [3.8, 4) is 0 Å². The number of ether oxygens (including phenoxy) is 4. The maximum atomic E-state index is 16.2. The van der Waals surface area contributed by atoms with Crippen LogP contribution in [0.3, 0.4) is 0 Å². The molecule has 0 fully saturated rings. The molecule has 0 aliphatic heterocycles. The smallest absolute Gasteiger partial charge is 0.408 e. The second-order valence-electron chi connectivity index (χ2n) is 31.8. The third kappa shape index (κ3) is 30.8. The van der Waals surface area contributed by atoms with Crippen molar-refractivity contribution < 1.29 is 76.5 Å². The summed E-state index contributed by atoms with van der Waals surface area (Å²) in [6.07, 6.45) is -1.59. The zero-order valence-corrected chi connectivity index (χ0v) is 73.4. The fourth-order valence-corrected chi connectivity index (χ4v) is 15.6. The van der Waals surface area contributed by atoms with Gasteiger partial charge < -0.3 is 72.1 Å². The van der Waals surface area contributed by atoms with Gasteiger partial charge in [0.25, 0.3) is 0 Å². The Kier molecular flexibility index (Phi) is 40.0. The molecule has 10 N–H and O–H groups in total. The molecule has 7 aromatic carbocycles. The molecular weight excluding hydrogens is 1590 g/mol.